The molecule has 3 nitrogen and oxygen atoms in total. The Morgan fingerprint density at radius 1 is 0.741 bits per heavy atom. The van der Waals surface area contributed by atoms with E-state index in [1.54, 1.807) is 0 Å². The zero-order chi connectivity index (χ0) is 17.8. The standard InChI is InChI=1S/C24H22N3/c1-4-14-25(15-5-1)20-11-12-22-19(16-20)9-13-24-26(22)17-21-10-8-18-6-2-3-7-23(18)27(21)24/h2-3,6-13,16-17H,1,4-5,14-15H2/q+1. The zero-order valence-corrected chi connectivity index (χ0v) is 15.3. The van der Waals surface area contributed by atoms with Crippen LogP contribution in [0, 0.1) is 0 Å². The van der Waals surface area contributed by atoms with Gasteiger partial charge in [-0.3, -0.25) is 0 Å². The number of nitrogens with zero attached hydrogens (tertiary/aromatic N) is 3. The molecule has 3 heteroatoms. The first-order valence-electron chi connectivity index (χ1n) is 9.91. The third-order valence-corrected chi connectivity index (χ3v) is 6.01. The number of anilines is 1. The summed E-state index contributed by atoms with van der Waals surface area (Å²) in [6.07, 6.45) is 6.24. The molecule has 0 bridgehead atoms. The van der Waals surface area contributed by atoms with Gasteiger partial charge in [0.2, 0.25) is 0 Å². The molecule has 0 amide bonds. The summed E-state index contributed by atoms with van der Waals surface area (Å²) in [5.74, 6) is 0. The summed E-state index contributed by atoms with van der Waals surface area (Å²) in [5, 5.41) is 2.57. The summed E-state index contributed by atoms with van der Waals surface area (Å²) in [7, 11) is 0. The number of aromatic nitrogens is 2. The molecule has 0 atom stereocenters. The van der Waals surface area contributed by atoms with Crippen LogP contribution in [0.15, 0.2) is 72.9 Å². The maximum Gasteiger partial charge on any atom is 0.292 e. The summed E-state index contributed by atoms with van der Waals surface area (Å²) in [5.41, 5.74) is 6.31. The summed E-state index contributed by atoms with van der Waals surface area (Å²) in [6.45, 7) is 2.37. The van der Waals surface area contributed by atoms with Crippen LogP contribution in [0.3, 0.4) is 0 Å². The lowest BCUT2D eigenvalue weighted by Crippen LogP contribution is -2.29. The highest BCUT2D eigenvalue weighted by molar-refractivity contribution is 5.86. The Morgan fingerprint density at radius 3 is 2.52 bits per heavy atom. The second-order valence-corrected chi connectivity index (χ2v) is 7.63. The van der Waals surface area contributed by atoms with Crippen LogP contribution in [0.1, 0.15) is 19.3 Å². The van der Waals surface area contributed by atoms with Crippen molar-refractivity contribution < 1.29 is 4.40 Å². The quantitative estimate of drug-likeness (QED) is 0.388. The molecule has 132 valence electrons. The molecule has 0 aliphatic carbocycles. The van der Waals surface area contributed by atoms with Gasteiger partial charge in [0.1, 0.15) is 17.2 Å². The summed E-state index contributed by atoms with van der Waals surface area (Å²) < 4.78 is 4.68. The Morgan fingerprint density at radius 2 is 1.59 bits per heavy atom. The van der Waals surface area contributed by atoms with Crippen LogP contribution in [-0.2, 0) is 0 Å². The van der Waals surface area contributed by atoms with Crippen molar-refractivity contribution in [1.82, 2.24) is 4.40 Å². The molecule has 0 saturated carbocycles. The average molecular weight is 352 g/mol. The largest absolute Gasteiger partial charge is 0.372 e. The van der Waals surface area contributed by atoms with Gasteiger partial charge in [0.15, 0.2) is 5.52 Å². The summed E-state index contributed by atoms with van der Waals surface area (Å²) >= 11 is 0. The van der Waals surface area contributed by atoms with Gasteiger partial charge in [0.25, 0.3) is 5.65 Å². The lowest BCUT2D eigenvalue weighted by Gasteiger charge is -2.28. The third kappa shape index (κ3) is 2.24. The highest BCUT2D eigenvalue weighted by Crippen LogP contribution is 2.25. The number of imidazole rings is 1. The third-order valence-electron chi connectivity index (χ3n) is 6.01. The number of piperidine rings is 1. The lowest BCUT2D eigenvalue weighted by molar-refractivity contribution is -0.479. The monoisotopic (exact) mass is 352 g/mol. The first-order chi connectivity index (χ1) is 13.4. The fourth-order valence-corrected chi connectivity index (χ4v) is 4.64. The van der Waals surface area contributed by atoms with Crippen LogP contribution in [0.5, 0.6) is 0 Å². The van der Waals surface area contributed by atoms with E-state index in [0.29, 0.717) is 0 Å². The summed E-state index contributed by atoms with van der Waals surface area (Å²) in [6, 6.07) is 24.5. The zero-order valence-electron chi connectivity index (χ0n) is 15.3. The van der Waals surface area contributed by atoms with E-state index >= 15 is 0 Å². The van der Waals surface area contributed by atoms with Crippen molar-refractivity contribution in [3.05, 3.63) is 72.9 Å². The van der Waals surface area contributed by atoms with E-state index in [4.69, 9.17) is 0 Å². The molecule has 0 spiro atoms. The van der Waals surface area contributed by atoms with Gasteiger partial charge in [-0.15, -0.1) is 0 Å². The van der Waals surface area contributed by atoms with Crippen LogP contribution in [0.2, 0.25) is 0 Å². The molecule has 1 aliphatic rings. The number of benzene rings is 2. The molecule has 2 aromatic carbocycles. The predicted molar refractivity (Wildman–Crippen MR) is 112 cm³/mol. The van der Waals surface area contributed by atoms with E-state index in [1.165, 1.54) is 71.0 Å². The molecule has 0 radical (unpaired) electrons. The highest BCUT2D eigenvalue weighted by atomic mass is 15.1. The normalized spacial score (nSPS) is 15.3. The first-order valence-corrected chi connectivity index (χ1v) is 9.91. The molecule has 6 rings (SSSR count). The molecule has 1 saturated heterocycles. The average Bonchev–Trinajstić information content (AvgIpc) is 3.13. The topological polar surface area (TPSA) is 11.8 Å². The fourth-order valence-electron chi connectivity index (χ4n) is 4.64. The number of hydrogen-bond acceptors (Lipinski definition) is 1. The Bertz CT molecular complexity index is 1310. The van der Waals surface area contributed by atoms with Crippen molar-refractivity contribution in [3.8, 4) is 0 Å². The van der Waals surface area contributed by atoms with E-state index < -0.39 is 0 Å². The molecule has 1 fully saturated rings. The Kier molecular flexibility index (Phi) is 3.18. The number of rotatable bonds is 1. The maximum atomic E-state index is 2.53. The van der Waals surface area contributed by atoms with Crippen LogP contribution in [-0.4, -0.2) is 17.5 Å². The highest BCUT2D eigenvalue weighted by Gasteiger charge is 2.18. The number of pyridine rings is 2. The van der Waals surface area contributed by atoms with Crippen LogP contribution < -0.4 is 9.30 Å². The van der Waals surface area contributed by atoms with Gasteiger partial charge in [-0.25, -0.2) is 0 Å². The first kappa shape index (κ1) is 15.0. The molecule has 3 aromatic heterocycles. The van der Waals surface area contributed by atoms with Crippen molar-refractivity contribution >= 4 is 38.7 Å². The molecular weight excluding hydrogens is 330 g/mol. The molecule has 4 heterocycles. The number of hydrogen-bond donors (Lipinski definition) is 0. The SMILES string of the molecule is c1ccc2c(c1)ccc1c[n+]3c4ccc(N5CCCCC5)cc4ccc3n12. The van der Waals surface area contributed by atoms with Crippen LogP contribution in [0.4, 0.5) is 5.69 Å². The molecule has 0 unspecified atom stereocenters. The van der Waals surface area contributed by atoms with Crippen LogP contribution >= 0.6 is 0 Å². The Hall–Kier alpha value is -3.07. The molecule has 27 heavy (non-hydrogen) atoms. The number of fused-ring (bicyclic) bond motifs is 7. The predicted octanol–water partition coefficient (Wildman–Crippen LogP) is 4.97. The van der Waals surface area contributed by atoms with Gasteiger partial charge in [0, 0.05) is 35.6 Å². The van der Waals surface area contributed by atoms with Crippen molar-refractivity contribution in [3.63, 3.8) is 0 Å². The van der Waals surface area contributed by atoms with Gasteiger partial charge in [-0.2, -0.15) is 8.80 Å². The van der Waals surface area contributed by atoms with E-state index in [1.807, 2.05) is 0 Å². The second kappa shape index (κ2) is 5.71. The maximum absolute atomic E-state index is 2.53. The van der Waals surface area contributed by atoms with Gasteiger partial charge >= 0.3 is 0 Å². The smallest absolute Gasteiger partial charge is 0.292 e. The fraction of sp³-hybridized carbons (Fsp3) is 0.208. The lowest BCUT2D eigenvalue weighted by atomic mass is 10.1. The molecule has 0 N–H and O–H groups in total. The Labute approximate surface area is 158 Å². The van der Waals surface area contributed by atoms with E-state index in [0.717, 1.165) is 0 Å². The van der Waals surface area contributed by atoms with Gasteiger partial charge in [0.05, 0.1) is 0 Å². The van der Waals surface area contributed by atoms with Gasteiger partial charge in [-0.1, -0.05) is 18.2 Å². The number of para-hydroxylation sites is 1. The van der Waals surface area contributed by atoms with Crippen molar-refractivity contribution in [2.75, 3.05) is 18.0 Å². The van der Waals surface area contributed by atoms with E-state index in [-0.39, 0.29) is 0 Å². The van der Waals surface area contributed by atoms with E-state index in [9.17, 15) is 0 Å². The van der Waals surface area contributed by atoms with Crippen molar-refractivity contribution in [2.24, 2.45) is 0 Å². The van der Waals surface area contributed by atoms with Gasteiger partial charge in [-0.05, 0) is 61.7 Å². The van der Waals surface area contributed by atoms with E-state index in [2.05, 4.69) is 86.6 Å². The molecular formula is C24H22N3+. The minimum Gasteiger partial charge on any atom is -0.372 e. The van der Waals surface area contributed by atoms with Crippen molar-refractivity contribution in [2.45, 2.75) is 19.3 Å². The van der Waals surface area contributed by atoms with Gasteiger partial charge < -0.3 is 4.90 Å². The minimum atomic E-state index is 1.18. The molecule has 1 aliphatic heterocycles. The van der Waals surface area contributed by atoms with Crippen LogP contribution in [0.25, 0.3) is 33.0 Å². The Balaban J connectivity index is 1.61. The second-order valence-electron chi connectivity index (χ2n) is 7.63. The minimum absolute atomic E-state index is 1.18. The molecule has 5 aromatic rings. The summed E-state index contributed by atoms with van der Waals surface area (Å²) in [4.78, 5) is 2.53. The van der Waals surface area contributed by atoms with Crippen molar-refractivity contribution in [1.29, 1.82) is 0 Å².